The van der Waals surface area contributed by atoms with Gasteiger partial charge >= 0.3 is 0 Å². The number of benzene rings is 2. The van der Waals surface area contributed by atoms with E-state index in [2.05, 4.69) is 10.8 Å². The highest BCUT2D eigenvalue weighted by Gasteiger charge is 2.31. The van der Waals surface area contributed by atoms with Crippen LogP contribution in [0.3, 0.4) is 0 Å². The van der Waals surface area contributed by atoms with Gasteiger partial charge in [-0.15, -0.1) is 0 Å². The molecule has 134 valence electrons. The second-order valence-electron chi connectivity index (χ2n) is 6.81. The van der Waals surface area contributed by atoms with E-state index in [-0.39, 0.29) is 12.1 Å². The molecule has 0 heterocycles. The first-order valence-electron chi connectivity index (χ1n) is 8.76. The van der Waals surface area contributed by atoms with Crippen LogP contribution in [0.5, 0.6) is 5.75 Å². The van der Waals surface area contributed by atoms with Gasteiger partial charge in [0.2, 0.25) is 10.0 Å². The van der Waals surface area contributed by atoms with Gasteiger partial charge in [0.25, 0.3) is 0 Å². The van der Waals surface area contributed by atoms with Gasteiger partial charge in [-0.1, -0.05) is 30.7 Å². The van der Waals surface area contributed by atoms with E-state index in [9.17, 15) is 8.42 Å². The van der Waals surface area contributed by atoms with Crippen molar-refractivity contribution in [2.45, 2.75) is 56.6 Å². The molecule has 2 aromatic rings. The molecule has 0 aliphatic heterocycles. The van der Waals surface area contributed by atoms with E-state index in [0.717, 1.165) is 42.6 Å². The Bertz CT molecular complexity index is 798. The molecule has 0 spiro atoms. The number of ether oxygens (including phenoxy) is 1. The standard InChI is InChI=1S/C20H25NO3S/c1-15-12-16(2)14-17(13-15)24-20-11-7-6-10-19(20)21-25(22,23)18-8-4-3-5-9-18/h3-5,8-9,12-14,19-21H,6-7,10-11H2,1-2H3/t19-,20-/m0/s1. The van der Waals surface area contributed by atoms with Crippen LogP contribution >= 0.6 is 0 Å². The van der Waals surface area contributed by atoms with E-state index in [0.29, 0.717) is 4.90 Å². The van der Waals surface area contributed by atoms with Crippen LogP contribution in [0.2, 0.25) is 0 Å². The van der Waals surface area contributed by atoms with Gasteiger partial charge in [-0.05, 0) is 68.5 Å². The van der Waals surface area contributed by atoms with Gasteiger partial charge in [0.05, 0.1) is 10.9 Å². The van der Waals surface area contributed by atoms with Crippen molar-refractivity contribution in [3.05, 3.63) is 59.7 Å². The van der Waals surface area contributed by atoms with Gasteiger partial charge in [0.1, 0.15) is 11.9 Å². The molecule has 0 amide bonds. The molecule has 1 saturated carbocycles. The summed E-state index contributed by atoms with van der Waals surface area (Å²) in [6.45, 7) is 4.08. The lowest BCUT2D eigenvalue weighted by Crippen LogP contribution is -2.47. The van der Waals surface area contributed by atoms with E-state index in [1.54, 1.807) is 24.3 Å². The topological polar surface area (TPSA) is 55.4 Å². The molecule has 0 aromatic heterocycles. The van der Waals surface area contributed by atoms with Gasteiger partial charge in [0.15, 0.2) is 0 Å². The van der Waals surface area contributed by atoms with Crippen LogP contribution in [0.25, 0.3) is 0 Å². The molecule has 0 radical (unpaired) electrons. The second-order valence-corrected chi connectivity index (χ2v) is 8.52. The number of hydrogen-bond acceptors (Lipinski definition) is 3. The first kappa shape index (κ1) is 18.0. The maximum Gasteiger partial charge on any atom is 0.240 e. The number of nitrogens with one attached hydrogen (secondary N) is 1. The Morgan fingerprint density at radius 2 is 1.60 bits per heavy atom. The molecule has 5 heteroatoms. The molecule has 1 fully saturated rings. The van der Waals surface area contributed by atoms with Crippen LogP contribution in [0.1, 0.15) is 36.8 Å². The predicted octanol–water partition coefficient (Wildman–Crippen LogP) is 3.97. The van der Waals surface area contributed by atoms with Crippen molar-refractivity contribution in [2.24, 2.45) is 0 Å². The van der Waals surface area contributed by atoms with Crippen LogP contribution in [0, 0.1) is 13.8 Å². The SMILES string of the molecule is Cc1cc(C)cc(O[C@H]2CCCC[C@@H]2NS(=O)(=O)c2ccccc2)c1. The van der Waals surface area contributed by atoms with Crippen LogP contribution in [-0.2, 0) is 10.0 Å². The molecule has 1 N–H and O–H groups in total. The molecule has 3 rings (SSSR count). The Kier molecular flexibility index (Phi) is 5.45. The number of rotatable bonds is 5. The largest absolute Gasteiger partial charge is 0.489 e. The molecule has 2 aromatic carbocycles. The Labute approximate surface area is 150 Å². The zero-order valence-corrected chi connectivity index (χ0v) is 15.6. The van der Waals surface area contributed by atoms with Crippen LogP contribution in [0.15, 0.2) is 53.4 Å². The minimum Gasteiger partial charge on any atom is -0.489 e. The highest BCUT2D eigenvalue weighted by atomic mass is 32.2. The predicted molar refractivity (Wildman–Crippen MR) is 99.4 cm³/mol. The van der Waals surface area contributed by atoms with E-state index >= 15 is 0 Å². The number of sulfonamides is 1. The summed E-state index contributed by atoms with van der Waals surface area (Å²) < 4.78 is 34.3. The highest BCUT2D eigenvalue weighted by molar-refractivity contribution is 7.89. The Balaban J connectivity index is 1.77. The zero-order chi connectivity index (χ0) is 17.9. The van der Waals surface area contributed by atoms with E-state index in [1.807, 2.05) is 32.0 Å². The normalized spacial score (nSPS) is 21.0. The molecule has 4 nitrogen and oxygen atoms in total. The molecule has 25 heavy (non-hydrogen) atoms. The van der Waals surface area contributed by atoms with Crippen molar-refractivity contribution in [2.75, 3.05) is 0 Å². The van der Waals surface area contributed by atoms with Gasteiger partial charge in [-0.3, -0.25) is 0 Å². The van der Waals surface area contributed by atoms with Gasteiger partial charge in [-0.25, -0.2) is 13.1 Å². The molecule has 0 saturated heterocycles. The maximum absolute atomic E-state index is 12.6. The summed E-state index contributed by atoms with van der Waals surface area (Å²) in [5, 5.41) is 0. The lowest BCUT2D eigenvalue weighted by atomic mass is 9.93. The van der Waals surface area contributed by atoms with E-state index in [4.69, 9.17) is 4.74 Å². The molecular weight excluding hydrogens is 334 g/mol. The monoisotopic (exact) mass is 359 g/mol. The Morgan fingerprint density at radius 3 is 2.28 bits per heavy atom. The highest BCUT2D eigenvalue weighted by Crippen LogP contribution is 2.26. The summed E-state index contributed by atoms with van der Waals surface area (Å²) in [5.41, 5.74) is 2.29. The van der Waals surface area contributed by atoms with Crippen molar-refractivity contribution in [3.63, 3.8) is 0 Å². The van der Waals surface area contributed by atoms with Crippen molar-refractivity contribution in [1.82, 2.24) is 4.72 Å². The summed E-state index contributed by atoms with van der Waals surface area (Å²) in [7, 11) is -3.53. The summed E-state index contributed by atoms with van der Waals surface area (Å²) >= 11 is 0. The van der Waals surface area contributed by atoms with E-state index in [1.165, 1.54) is 0 Å². The first-order chi connectivity index (χ1) is 11.9. The summed E-state index contributed by atoms with van der Waals surface area (Å²) in [4.78, 5) is 0.297. The fourth-order valence-electron chi connectivity index (χ4n) is 3.42. The van der Waals surface area contributed by atoms with Crippen molar-refractivity contribution in [1.29, 1.82) is 0 Å². The Hall–Kier alpha value is -1.85. The second kappa shape index (κ2) is 7.58. The van der Waals surface area contributed by atoms with Crippen LogP contribution in [0.4, 0.5) is 0 Å². The minimum absolute atomic E-state index is 0.145. The molecule has 1 aliphatic rings. The molecular formula is C20H25NO3S. The van der Waals surface area contributed by atoms with Crippen molar-refractivity contribution in [3.8, 4) is 5.75 Å². The lowest BCUT2D eigenvalue weighted by Gasteiger charge is -2.32. The molecule has 0 unspecified atom stereocenters. The summed E-state index contributed by atoms with van der Waals surface area (Å²) in [6.07, 6.45) is 3.57. The quantitative estimate of drug-likeness (QED) is 0.879. The lowest BCUT2D eigenvalue weighted by molar-refractivity contribution is 0.124. The van der Waals surface area contributed by atoms with E-state index < -0.39 is 10.0 Å². The maximum atomic E-state index is 12.6. The first-order valence-corrected chi connectivity index (χ1v) is 10.2. The third kappa shape index (κ3) is 4.61. The minimum atomic E-state index is -3.53. The fraction of sp³-hybridized carbons (Fsp3) is 0.400. The van der Waals surface area contributed by atoms with Gasteiger partial charge < -0.3 is 4.74 Å². The summed E-state index contributed by atoms with van der Waals surface area (Å²) in [5.74, 6) is 0.813. The molecule has 1 aliphatic carbocycles. The van der Waals surface area contributed by atoms with Gasteiger partial charge in [0, 0.05) is 0 Å². The third-order valence-corrected chi connectivity index (χ3v) is 6.05. The van der Waals surface area contributed by atoms with Crippen LogP contribution in [-0.4, -0.2) is 20.6 Å². The average Bonchev–Trinajstić information content (AvgIpc) is 2.56. The fourth-order valence-corrected chi connectivity index (χ4v) is 4.74. The van der Waals surface area contributed by atoms with Crippen molar-refractivity contribution >= 4 is 10.0 Å². The number of hydrogen-bond donors (Lipinski definition) is 1. The summed E-state index contributed by atoms with van der Waals surface area (Å²) in [6, 6.07) is 14.4. The third-order valence-electron chi connectivity index (χ3n) is 4.55. The van der Waals surface area contributed by atoms with Crippen LogP contribution < -0.4 is 9.46 Å². The Morgan fingerprint density at radius 1 is 0.960 bits per heavy atom. The van der Waals surface area contributed by atoms with Gasteiger partial charge in [-0.2, -0.15) is 0 Å². The number of aryl methyl sites for hydroxylation is 2. The molecule has 2 atom stereocenters. The average molecular weight is 359 g/mol. The smallest absolute Gasteiger partial charge is 0.240 e. The zero-order valence-electron chi connectivity index (χ0n) is 14.7. The van der Waals surface area contributed by atoms with Crippen molar-refractivity contribution < 1.29 is 13.2 Å². The molecule has 0 bridgehead atoms.